The van der Waals surface area contributed by atoms with E-state index in [9.17, 15) is 4.79 Å². The Balaban J connectivity index is 2.38. The fourth-order valence-corrected chi connectivity index (χ4v) is 2.46. The first-order valence-electron chi connectivity index (χ1n) is 6.89. The van der Waals surface area contributed by atoms with E-state index in [0.29, 0.717) is 0 Å². The normalized spacial score (nSPS) is 13.0. The molecule has 0 aromatic heterocycles. The number of carbonyl (C=O) groups excluding carboxylic acids is 1. The third kappa shape index (κ3) is 3.29. The van der Waals surface area contributed by atoms with Gasteiger partial charge in [0.05, 0.1) is 12.1 Å². The summed E-state index contributed by atoms with van der Waals surface area (Å²) >= 11 is 0. The van der Waals surface area contributed by atoms with Crippen LogP contribution >= 0.6 is 0 Å². The van der Waals surface area contributed by atoms with Crippen LogP contribution in [0.15, 0.2) is 86.0 Å². The largest absolute Gasteiger partial charge is 0.324 e. The summed E-state index contributed by atoms with van der Waals surface area (Å²) in [5.74, 6) is 0. The van der Waals surface area contributed by atoms with Gasteiger partial charge in [-0.05, 0) is 11.1 Å². The van der Waals surface area contributed by atoms with Gasteiger partial charge >= 0.3 is 0 Å². The Bertz CT molecular complexity index is 540. The van der Waals surface area contributed by atoms with Gasteiger partial charge in [0.25, 0.3) is 0 Å². The molecule has 0 saturated carbocycles. The third-order valence-corrected chi connectivity index (χ3v) is 3.49. The first-order chi connectivity index (χ1) is 10.3. The summed E-state index contributed by atoms with van der Waals surface area (Å²) in [5, 5.41) is 0. The van der Waals surface area contributed by atoms with Crippen molar-refractivity contribution in [3.8, 4) is 0 Å². The average molecular weight is 281 g/mol. The lowest BCUT2D eigenvalue weighted by Gasteiger charge is -2.32. The van der Waals surface area contributed by atoms with Gasteiger partial charge in [-0.1, -0.05) is 72.8 Å². The Labute approximate surface area is 126 Å². The SMILES string of the molecule is C=CC([14c]1ccccc1)N(C=O)C(C=C)[14c]1ccccc1. The molecule has 106 valence electrons. The molecule has 0 aliphatic carbocycles. The van der Waals surface area contributed by atoms with E-state index in [2.05, 4.69) is 13.2 Å². The van der Waals surface area contributed by atoms with Gasteiger partial charge in [0.15, 0.2) is 0 Å². The molecule has 0 bridgehead atoms. The molecule has 0 aliphatic rings. The quantitative estimate of drug-likeness (QED) is 0.547. The van der Waals surface area contributed by atoms with E-state index in [0.717, 1.165) is 17.5 Å². The number of carbonyl (C=O) groups is 1. The smallest absolute Gasteiger partial charge is 0.211 e. The zero-order valence-electron chi connectivity index (χ0n) is 11.9. The minimum absolute atomic E-state index is 0.188. The average Bonchev–Trinajstić information content (AvgIpc) is 2.56. The van der Waals surface area contributed by atoms with Crippen LogP contribution in [0.2, 0.25) is 0 Å². The topological polar surface area (TPSA) is 20.3 Å². The molecular formula is C19H19NO. The minimum Gasteiger partial charge on any atom is -0.324 e. The maximum absolute atomic E-state index is 11.7. The highest BCUT2D eigenvalue weighted by molar-refractivity contribution is 5.52. The lowest BCUT2D eigenvalue weighted by atomic mass is 10.3. The lowest BCUT2D eigenvalue weighted by molar-refractivity contribution is -0.121. The predicted molar refractivity (Wildman–Crippen MR) is 86.7 cm³/mol. The Kier molecular flexibility index (Phi) is 5.10. The molecule has 2 atom stereocenters. The second kappa shape index (κ2) is 7.25. The molecule has 0 radical (unpaired) electrons. The van der Waals surface area contributed by atoms with Gasteiger partial charge in [0, 0.05) is 0 Å². The molecule has 0 spiro atoms. The van der Waals surface area contributed by atoms with Crippen LogP contribution in [0.25, 0.3) is 0 Å². The molecule has 0 saturated heterocycles. The molecule has 2 aromatic rings. The van der Waals surface area contributed by atoms with E-state index in [4.69, 9.17) is 0 Å². The van der Waals surface area contributed by atoms with E-state index >= 15 is 0 Å². The molecule has 2 aromatic carbocycles. The summed E-state index contributed by atoms with van der Waals surface area (Å²) < 4.78 is 0. The van der Waals surface area contributed by atoms with Crippen LogP contribution in [0.3, 0.4) is 0 Å². The van der Waals surface area contributed by atoms with E-state index in [1.54, 1.807) is 17.1 Å². The maximum Gasteiger partial charge on any atom is 0.211 e. The van der Waals surface area contributed by atoms with Crippen LogP contribution < -0.4 is 0 Å². The highest BCUT2D eigenvalue weighted by Crippen LogP contribution is 2.30. The van der Waals surface area contributed by atoms with Gasteiger partial charge in [-0.25, -0.2) is 0 Å². The summed E-state index contributed by atoms with van der Waals surface area (Å²) in [5.41, 5.74) is 2.06. The summed E-state index contributed by atoms with van der Waals surface area (Å²) in [4.78, 5) is 13.4. The number of hydrogen-bond donors (Lipinski definition) is 0. The molecule has 2 rings (SSSR count). The fraction of sp³-hybridized carbons (Fsp3) is 0.105. The minimum atomic E-state index is -0.188. The van der Waals surface area contributed by atoms with Gasteiger partial charge in [-0.15, -0.1) is 13.2 Å². The van der Waals surface area contributed by atoms with Crippen molar-refractivity contribution in [1.29, 1.82) is 0 Å². The summed E-state index contributed by atoms with van der Waals surface area (Å²) in [6.45, 7) is 7.76. The highest BCUT2D eigenvalue weighted by Gasteiger charge is 2.23. The summed E-state index contributed by atoms with van der Waals surface area (Å²) in [7, 11) is 0. The van der Waals surface area contributed by atoms with Gasteiger partial charge in [-0.3, -0.25) is 4.79 Å². The molecule has 21 heavy (non-hydrogen) atoms. The van der Waals surface area contributed by atoms with Crippen molar-refractivity contribution in [1.82, 2.24) is 4.90 Å². The first-order valence-corrected chi connectivity index (χ1v) is 6.89. The molecule has 2 nitrogen and oxygen atoms in total. The number of nitrogens with zero attached hydrogens (tertiary/aromatic N) is 1. The molecule has 2 unspecified atom stereocenters. The second-order valence-corrected chi connectivity index (χ2v) is 4.74. The van der Waals surface area contributed by atoms with Crippen molar-refractivity contribution < 1.29 is 4.79 Å². The first kappa shape index (κ1) is 14.8. The number of amides is 1. The van der Waals surface area contributed by atoms with Crippen molar-refractivity contribution in [2.75, 3.05) is 0 Å². The van der Waals surface area contributed by atoms with Crippen LogP contribution in [0.5, 0.6) is 0 Å². The predicted octanol–water partition coefficient (Wildman–Crippen LogP) is 4.30. The van der Waals surface area contributed by atoms with Crippen molar-refractivity contribution >= 4 is 6.41 Å². The Morgan fingerprint density at radius 1 is 0.762 bits per heavy atom. The number of hydrogen-bond acceptors (Lipinski definition) is 1. The zero-order chi connectivity index (χ0) is 15.1. The standard InChI is InChI=1S/C19H19NO/c1-3-18(16-11-7-5-8-12-16)20(15-21)19(4-2)17-13-9-6-10-14-17/h3-15,18-19H,1-2H2/i16+2,17+2. The lowest BCUT2D eigenvalue weighted by Crippen LogP contribution is -2.29. The van der Waals surface area contributed by atoms with Crippen LogP contribution in [-0.4, -0.2) is 11.3 Å². The monoisotopic (exact) mass is 281 g/mol. The van der Waals surface area contributed by atoms with Crippen molar-refractivity contribution in [2.24, 2.45) is 0 Å². The van der Waals surface area contributed by atoms with Crippen LogP contribution in [0, 0.1) is 0 Å². The van der Waals surface area contributed by atoms with Crippen LogP contribution in [0.1, 0.15) is 23.2 Å². The molecular weight excluding hydrogens is 262 g/mol. The van der Waals surface area contributed by atoms with Crippen molar-refractivity contribution in [3.05, 3.63) is 97.1 Å². The molecule has 1 amide bonds. The van der Waals surface area contributed by atoms with Gasteiger partial charge in [-0.2, -0.15) is 0 Å². The van der Waals surface area contributed by atoms with Crippen molar-refractivity contribution in [3.63, 3.8) is 0 Å². The number of rotatable bonds is 7. The second-order valence-electron chi connectivity index (χ2n) is 4.74. The molecule has 0 fully saturated rings. The third-order valence-electron chi connectivity index (χ3n) is 3.49. The number of benzene rings is 2. The molecule has 2 heteroatoms. The molecule has 0 heterocycles. The van der Waals surface area contributed by atoms with Gasteiger partial charge in [0.2, 0.25) is 6.41 Å². The molecule has 0 aliphatic heterocycles. The van der Waals surface area contributed by atoms with E-state index in [1.807, 2.05) is 60.7 Å². The summed E-state index contributed by atoms with van der Waals surface area (Å²) in [6, 6.07) is 19.3. The van der Waals surface area contributed by atoms with Crippen LogP contribution in [-0.2, 0) is 4.79 Å². The fourth-order valence-electron chi connectivity index (χ4n) is 2.46. The summed E-state index contributed by atoms with van der Waals surface area (Å²) in [6.07, 6.45) is 4.42. The van der Waals surface area contributed by atoms with Gasteiger partial charge in [0.1, 0.15) is 0 Å². The molecule has 0 N–H and O–H groups in total. The maximum atomic E-state index is 11.7. The van der Waals surface area contributed by atoms with Crippen LogP contribution in [0.4, 0.5) is 0 Å². The van der Waals surface area contributed by atoms with E-state index < -0.39 is 0 Å². The van der Waals surface area contributed by atoms with E-state index in [-0.39, 0.29) is 12.1 Å². The van der Waals surface area contributed by atoms with Gasteiger partial charge < -0.3 is 4.90 Å². The highest BCUT2D eigenvalue weighted by atomic mass is 16.1. The van der Waals surface area contributed by atoms with Crippen molar-refractivity contribution in [2.45, 2.75) is 12.1 Å². The Morgan fingerprint density at radius 3 is 1.43 bits per heavy atom. The Morgan fingerprint density at radius 2 is 1.14 bits per heavy atom. The van der Waals surface area contributed by atoms with E-state index in [1.165, 1.54) is 0 Å². The zero-order valence-corrected chi connectivity index (χ0v) is 11.9. The Hall–Kier alpha value is -2.61.